The molecule has 3 N–H and O–H groups in total. The van der Waals surface area contributed by atoms with Crippen LogP contribution in [0.2, 0.25) is 0 Å². The minimum Gasteiger partial charge on any atom is -0.506 e. The molecule has 1 aromatic carbocycles. The van der Waals surface area contributed by atoms with Gasteiger partial charge >= 0.3 is 0 Å². The lowest BCUT2D eigenvalue weighted by Gasteiger charge is -2.22. The van der Waals surface area contributed by atoms with Gasteiger partial charge in [0.25, 0.3) is 0 Å². The van der Waals surface area contributed by atoms with Crippen LogP contribution in [0.5, 0.6) is 11.5 Å². The Bertz CT molecular complexity index is 474. The van der Waals surface area contributed by atoms with Crippen LogP contribution in [0.1, 0.15) is 17.5 Å². The molecule has 0 saturated carbocycles. The van der Waals surface area contributed by atoms with E-state index in [0.717, 1.165) is 11.3 Å². The predicted octanol–water partition coefficient (Wildman–Crippen LogP) is 1.75. The molecule has 0 fully saturated rings. The highest BCUT2D eigenvalue weighted by atomic mass is 79.9. The van der Waals surface area contributed by atoms with E-state index in [2.05, 4.69) is 21.1 Å². The summed E-state index contributed by atoms with van der Waals surface area (Å²) in [5.74, 6) is 0.708. The highest BCUT2D eigenvalue weighted by Gasteiger charge is 2.24. The first kappa shape index (κ1) is 12.2. The molecule has 0 saturated heterocycles. The zero-order chi connectivity index (χ0) is 12.4. The Morgan fingerprint density at radius 2 is 2.41 bits per heavy atom. The van der Waals surface area contributed by atoms with Crippen LogP contribution in [0.4, 0.5) is 0 Å². The maximum Gasteiger partial charge on any atom is 0.137 e. The summed E-state index contributed by atoms with van der Waals surface area (Å²) in [5, 5.41) is 13.9. The van der Waals surface area contributed by atoms with Crippen molar-refractivity contribution in [1.82, 2.24) is 0 Å². The Labute approximate surface area is 107 Å². The Balaban J connectivity index is 2.63. The van der Waals surface area contributed by atoms with Gasteiger partial charge in [-0.1, -0.05) is 5.16 Å². The molecule has 0 spiro atoms. The average Bonchev–Trinajstić information content (AvgIpc) is 2.32. The SMILES string of the molecule is CO/N=C1\CCOc2c1cc(Br)c(O)c2CN. The average molecular weight is 301 g/mol. The third-order valence-electron chi connectivity index (χ3n) is 2.60. The minimum absolute atomic E-state index is 0.116. The van der Waals surface area contributed by atoms with E-state index in [-0.39, 0.29) is 12.3 Å². The zero-order valence-electron chi connectivity index (χ0n) is 9.36. The molecule has 2 rings (SSSR count). The third kappa shape index (κ3) is 2.10. The maximum atomic E-state index is 9.89. The molecular formula is C11H13BrN2O3. The second-order valence-corrected chi connectivity index (χ2v) is 4.44. The van der Waals surface area contributed by atoms with E-state index >= 15 is 0 Å². The molecule has 0 bridgehead atoms. The van der Waals surface area contributed by atoms with Gasteiger partial charge in [-0.2, -0.15) is 0 Å². The first-order valence-corrected chi connectivity index (χ1v) is 5.96. The van der Waals surface area contributed by atoms with Crippen LogP contribution in [0.3, 0.4) is 0 Å². The monoisotopic (exact) mass is 300 g/mol. The number of halogens is 1. The summed E-state index contributed by atoms with van der Waals surface area (Å²) in [7, 11) is 1.50. The molecular weight excluding hydrogens is 288 g/mol. The van der Waals surface area contributed by atoms with Gasteiger partial charge in [0.05, 0.1) is 22.4 Å². The van der Waals surface area contributed by atoms with Crippen molar-refractivity contribution < 1.29 is 14.7 Å². The number of nitrogens with zero attached hydrogens (tertiary/aromatic N) is 1. The molecule has 0 unspecified atom stereocenters. The fraction of sp³-hybridized carbons (Fsp3) is 0.364. The van der Waals surface area contributed by atoms with E-state index in [1.54, 1.807) is 6.07 Å². The van der Waals surface area contributed by atoms with Crippen molar-refractivity contribution in [3.8, 4) is 11.5 Å². The van der Waals surface area contributed by atoms with Crippen LogP contribution < -0.4 is 10.5 Å². The van der Waals surface area contributed by atoms with Gasteiger partial charge in [0.15, 0.2) is 0 Å². The highest BCUT2D eigenvalue weighted by molar-refractivity contribution is 9.10. The van der Waals surface area contributed by atoms with Crippen molar-refractivity contribution in [3.05, 3.63) is 21.7 Å². The number of benzene rings is 1. The quantitative estimate of drug-likeness (QED) is 0.816. The van der Waals surface area contributed by atoms with E-state index in [4.69, 9.17) is 15.3 Å². The number of fused-ring (bicyclic) bond motifs is 1. The Kier molecular flexibility index (Phi) is 3.54. The number of phenols is 1. The van der Waals surface area contributed by atoms with E-state index in [1.165, 1.54) is 7.11 Å². The number of ether oxygens (including phenoxy) is 1. The van der Waals surface area contributed by atoms with Gasteiger partial charge in [-0.05, 0) is 22.0 Å². The van der Waals surface area contributed by atoms with Gasteiger partial charge in [0.1, 0.15) is 18.6 Å². The topological polar surface area (TPSA) is 77.1 Å². The summed E-state index contributed by atoms with van der Waals surface area (Å²) >= 11 is 3.29. The molecule has 1 heterocycles. The van der Waals surface area contributed by atoms with Crippen molar-refractivity contribution in [2.24, 2.45) is 10.9 Å². The van der Waals surface area contributed by atoms with Crippen LogP contribution in [0.25, 0.3) is 0 Å². The number of hydrogen-bond acceptors (Lipinski definition) is 5. The first-order valence-electron chi connectivity index (χ1n) is 5.16. The standard InChI is InChI=1S/C11H13BrN2O3/c1-16-14-9-2-3-17-11-6(9)4-8(12)10(15)7(11)5-13/h4,15H,2-3,5,13H2,1H3/b14-9+. The molecule has 1 aliphatic heterocycles. The van der Waals surface area contributed by atoms with E-state index in [0.29, 0.717) is 28.8 Å². The van der Waals surface area contributed by atoms with Crippen molar-refractivity contribution >= 4 is 21.6 Å². The lowest BCUT2D eigenvalue weighted by molar-refractivity contribution is 0.210. The van der Waals surface area contributed by atoms with Crippen LogP contribution in [0, 0.1) is 0 Å². The van der Waals surface area contributed by atoms with Gasteiger partial charge in [-0.25, -0.2) is 0 Å². The highest BCUT2D eigenvalue weighted by Crippen LogP contribution is 2.40. The fourth-order valence-electron chi connectivity index (χ4n) is 1.83. The summed E-state index contributed by atoms with van der Waals surface area (Å²) in [5.41, 5.74) is 7.82. The molecule has 0 radical (unpaired) electrons. The lowest BCUT2D eigenvalue weighted by atomic mass is 10.00. The molecule has 0 amide bonds. The minimum atomic E-state index is 0.116. The summed E-state index contributed by atoms with van der Waals surface area (Å²) in [6.07, 6.45) is 0.669. The van der Waals surface area contributed by atoms with E-state index in [1.807, 2.05) is 0 Å². The van der Waals surface area contributed by atoms with Gasteiger partial charge < -0.3 is 20.4 Å². The third-order valence-corrected chi connectivity index (χ3v) is 3.21. The molecule has 17 heavy (non-hydrogen) atoms. The van der Waals surface area contributed by atoms with Crippen molar-refractivity contribution in [2.75, 3.05) is 13.7 Å². The van der Waals surface area contributed by atoms with Crippen molar-refractivity contribution in [3.63, 3.8) is 0 Å². The van der Waals surface area contributed by atoms with E-state index in [9.17, 15) is 5.11 Å². The number of aromatic hydroxyl groups is 1. The fourth-order valence-corrected chi connectivity index (χ4v) is 2.30. The summed E-state index contributed by atoms with van der Waals surface area (Å²) in [6.45, 7) is 0.705. The maximum absolute atomic E-state index is 9.89. The Morgan fingerprint density at radius 3 is 3.06 bits per heavy atom. The van der Waals surface area contributed by atoms with Gasteiger partial charge in [0.2, 0.25) is 0 Å². The van der Waals surface area contributed by atoms with Crippen LogP contribution in [-0.2, 0) is 11.4 Å². The number of hydrogen-bond donors (Lipinski definition) is 2. The number of phenolic OH excluding ortho intramolecular Hbond substituents is 1. The summed E-state index contributed by atoms with van der Waals surface area (Å²) < 4.78 is 6.14. The van der Waals surface area contributed by atoms with E-state index < -0.39 is 0 Å². The van der Waals surface area contributed by atoms with Crippen LogP contribution >= 0.6 is 15.9 Å². The molecule has 5 nitrogen and oxygen atoms in total. The first-order chi connectivity index (χ1) is 8.19. The summed E-state index contributed by atoms with van der Waals surface area (Å²) in [6, 6.07) is 1.76. The van der Waals surface area contributed by atoms with Crippen LogP contribution in [0.15, 0.2) is 15.7 Å². The lowest BCUT2D eigenvalue weighted by Crippen LogP contribution is -2.19. The Morgan fingerprint density at radius 1 is 1.65 bits per heavy atom. The second kappa shape index (κ2) is 4.93. The number of oxime groups is 1. The smallest absolute Gasteiger partial charge is 0.137 e. The molecule has 1 aliphatic rings. The predicted molar refractivity (Wildman–Crippen MR) is 67.4 cm³/mol. The summed E-state index contributed by atoms with van der Waals surface area (Å²) in [4.78, 5) is 4.81. The Hall–Kier alpha value is -1.27. The van der Waals surface area contributed by atoms with Crippen LogP contribution in [-0.4, -0.2) is 24.5 Å². The van der Waals surface area contributed by atoms with Gasteiger partial charge in [-0.3, -0.25) is 0 Å². The largest absolute Gasteiger partial charge is 0.506 e. The normalized spacial score (nSPS) is 16.5. The molecule has 0 aliphatic carbocycles. The molecule has 92 valence electrons. The molecule has 6 heteroatoms. The van der Waals surface area contributed by atoms with Gasteiger partial charge in [0, 0.05) is 18.5 Å². The second-order valence-electron chi connectivity index (χ2n) is 3.59. The van der Waals surface area contributed by atoms with Gasteiger partial charge in [-0.15, -0.1) is 0 Å². The molecule has 0 aromatic heterocycles. The molecule has 0 atom stereocenters. The van der Waals surface area contributed by atoms with Crippen molar-refractivity contribution in [1.29, 1.82) is 0 Å². The zero-order valence-corrected chi connectivity index (χ0v) is 11.0. The number of rotatable bonds is 2. The van der Waals surface area contributed by atoms with Crippen molar-refractivity contribution in [2.45, 2.75) is 13.0 Å². The number of nitrogens with two attached hydrogens (primary N) is 1. The molecule has 1 aromatic rings.